The van der Waals surface area contributed by atoms with Gasteiger partial charge >= 0.3 is 0 Å². The molecule has 28 heavy (non-hydrogen) atoms. The maximum atomic E-state index is 12.5. The second-order valence-electron chi connectivity index (χ2n) is 7.95. The molecule has 1 aromatic heterocycles. The van der Waals surface area contributed by atoms with Crippen molar-refractivity contribution in [1.29, 1.82) is 0 Å². The van der Waals surface area contributed by atoms with Gasteiger partial charge in [-0.15, -0.1) is 0 Å². The predicted molar refractivity (Wildman–Crippen MR) is 119 cm³/mol. The number of ketones is 1. The third kappa shape index (κ3) is 5.09. The summed E-state index contributed by atoms with van der Waals surface area (Å²) in [5.74, 6) is 0.237. The van der Waals surface area contributed by atoms with Gasteiger partial charge in [0.05, 0.1) is 12.7 Å². The quantitative estimate of drug-likeness (QED) is 0.381. The molecule has 0 saturated carbocycles. The number of allylic oxidation sites excluding steroid dienone is 3. The molecular weight excluding hydrogens is 344 g/mol. The first-order chi connectivity index (χ1) is 13.3. The van der Waals surface area contributed by atoms with Crippen molar-refractivity contribution >= 4 is 11.4 Å². The zero-order valence-electron chi connectivity index (χ0n) is 18.3. The number of rotatable bonds is 9. The number of hydrogen-bond donors (Lipinski definition) is 0. The topological polar surface area (TPSA) is 34.9 Å². The lowest BCUT2D eigenvalue weighted by atomic mass is 9.93. The molecular formula is C25H34N2O. The number of nitrogens with zero attached hydrogens (tertiary/aromatic N) is 2. The number of carbonyl (C=O) groups excluding carboxylic acids is 1. The van der Waals surface area contributed by atoms with Crippen LogP contribution in [0.5, 0.6) is 0 Å². The molecule has 0 amide bonds. The molecule has 0 fully saturated rings. The van der Waals surface area contributed by atoms with E-state index < -0.39 is 0 Å². The molecule has 0 aliphatic carbocycles. The van der Waals surface area contributed by atoms with Gasteiger partial charge in [0.15, 0.2) is 5.78 Å². The van der Waals surface area contributed by atoms with E-state index >= 15 is 0 Å². The Labute approximate surface area is 170 Å². The average molecular weight is 379 g/mol. The molecule has 0 aliphatic heterocycles. The molecule has 0 bridgehead atoms. The van der Waals surface area contributed by atoms with Crippen LogP contribution in [0.2, 0.25) is 0 Å². The van der Waals surface area contributed by atoms with E-state index in [0.717, 1.165) is 42.5 Å². The van der Waals surface area contributed by atoms with E-state index in [1.165, 1.54) is 22.4 Å². The minimum absolute atomic E-state index is 0.0176. The maximum Gasteiger partial charge on any atom is 0.165 e. The molecule has 150 valence electrons. The third-order valence-electron chi connectivity index (χ3n) is 5.00. The van der Waals surface area contributed by atoms with E-state index in [2.05, 4.69) is 55.3 Å². The second-order valence-corrected chi connectivity index (χ2v) is 7.95. The van der Waals surface area contributed by atoms with Crippen LogP contribution in [0.25, 0.3) is 5.57 Å². The fraction of sp³-hybridized carbons (Fsp3) is 0.440. The lowest BCUT2D eigenvalue weighted by Gasteiger charge is -2.13. The van der Waals surface area contributed by atoms with Crippen LogP contribution in [-0.4, -0.2) is 15.6 Å². The Balaban J connectivity index is 2.39. The summed E-state index contributed by atoms with van der Waals surface area (Å²) >= 11 is 0. The van der Waals surface area contributed by atoms with E-state index in [-0.39, 0.29) is 11.7 Å². The molecule has 0 aliphatic rings. The molecule has 0 atom stereocenters. The molecule has 2 rings (SSSR count). The molecule has 2 aromatic rings. The minimum Gasteiger partial charge on any atom is -0.294 e. The fourth-order valence-corrected chi connectivity index (χ4v) is 3.59. The zero-order valence-corrected chi connectivity index (χ0v) is 18.3. The van der Waals surface area contributed by atoms with Crippen molar-refractivity contribution < 1.29 is 4.79 Å². The Hall–Kier alpha value is -2.42. The Morgan fingerprint density at radius 2 is 1.93 bits per heavy atom. The molecule has 3 nitrogen and oxygen atoms in total. The van der Waals surface area contributed by atoms with Gasteiger partial charge in [0.1, 0.15) is 0 Å². The van der Waals surface area contributed by atoms with Gasteiger partial charge in [0.2, 0.25) is 0 Å². The smallest absolute Gasteiger partial charge is 0.165 e. The van der Waals surface area contributed by atoms with Crippen molar-refractivity contribution in [2.45, 2.75) is 67.3 Å². The molecule has 0 radical (unpaired) electrons. The summed E-state index contributed by atoms with van der Waals surface area (Å²) in [6.07, 6.45) is 7.00. The largest absolute Gasteiger partial charge is 0.294 e. The van der Waals surface area contributed by atoms with Gasteiger partial charge in [0, 0.05) is 22.7 Å². The molecule has 0 spiro atoms. The van der Waals surface area contributed by atoms with E-state index in [9.17, 15) is 4.79 Å². The maximum absolute atomic E-state index is 12.5. The third-order valence-corrected chi connectivity index (χ3v) is 5.00. The molecule has 1 aromatic carbocycles. The van der Waals surface area contributed by atoms with E-state index in [4.69, 9.17) is 0 Å². The summed E-state index contributed by atoms with van der Waals surface area (Å²) in [5.41, 5.74) is 7.88. The highest BCUT2D eigenvalue weighted by molar-refractivity contribution is 5.98. The fourth-order valence-electron chi connectivity index (χ4n) is 3.59. The van der Waals surface area contributed by atoms with Crippen molar-refractivity contribution in [2.75, 3.05) is 0 Å². The van der Waals surface area contributed by atoms with Crippen molar-refractivity contribution in [3.63, 3.8) is 0 Å². The molecule has 0 N–H and O–H groups in total. The highest BCUT2D eigenvalue weighted by Gasteiger charge is 2.16. The van der Waals surface area contributed by atoms with Gasteiger partial charge in [0.25, 0.3) is 0 Å². The Morgan fingerprint density at radius 1 is 1.21 bits per heavy atom. The van der Waals surface area contributed by atoms with E-state index in [0.29, 0.717) is 0 Å². The number of aromatic nitrogens is 2. The van der Waals surface area contributed by atoms with Gasteiger partial charge in [-0.05, 0) is 43.4 Å². The lowest BCUT2D eigenvalue weighted by Crippen LogP contribution is -2.12. The number of carbonyl (C=O) groups is 1. The summed E-state index contributed by atoms with van der Waals surface area (Å²) < 4.78 is 2.10. The van der Waals surface area contributed by atoms with Gasteiger partial charge in [-0.1, -0.05) is 70.5 Å². The zero-order chi connectivity index (χ0) is 20.8. The highest BCUT2D eigenvalue weighted by Crippen LogP contribution is 2.23. The minimum atomic E-state index is 0.0176. The number of benzene rings is 1. The van der Waals surface area contributed by atoms with Crippen LogP contribution >= 0.6 is 0 Å². The summed E-state index contributed by atoms with van der Waals surface area (Å²) in [7, 11) is 0. The van der Waals surface area contributed by atoms with Crippen LogP contribution < -0.4 is 0 Å². The monoisotopic (exact) mass is 378 g/mol. The van der Waals surface area contributed by atoms with Crippen molar-refractivity contribution in [1.82, 2.24) is 9.78 Å². The van der Waals surface area contributed by atoms with Gasteiger partial charge in [-0.25, -0.2) is 0 Å². The van der Waals surface area contributed by atoms with Crippen LogP contribution in [0.4, 0.5) is 0 Å². The Morgan fingerprint density at radius 3 is 2.50 bits per heavy atom. The van der Waals surface area contributed by atoms with Gasteiger partial charge < -0.3 is 0 Å². The molecule has 3 heteroatoms. The van der Waals surface area contributed by atoms with Crippen LogP contribution in [0, 0.1) is 5.92 Å². The normalized spacial score (nSPS) is 11.9. The van der Waals surface area contributed by atoms with Crippen molar-refractivity contribution in [3.8, 4) is 0 Å². The molecule has 0 unspecified atom stereocenters. The second kappa shape index (κ2) is 9.68. The van der Waals surface area contributed by atoms with Gasteiger partial charge in [-0.3, -0.25) is 9.48 Å². The first-order valence-electron chi connectivity index (χ1n) is 10.3. The summed E-state index contributed by atoms with van der Waals surface area (Å²) in [6, 6.07) is 6.23. The standard InChI is InChI=1S/C25H34N2O/c1-8-10-24-23(19(7)13-17(3)4)15-26-27(24)16-20-11-12-22(21(9-2)14-20)25(28)18(5)6/h11-15,18H,3,8-10,16H2,1-2,4-7H3/b19-13-. The van der Waals surface area contributed by atoms with Crippen LogP contribution in [-0.2, 0) is 19.4 Å². The summed E-state index contributed by atoms with van der Waals surface area (Å²) in [5, 5.41) is 4.68. The number of hydrogen-bond acceptors (Lipinski definition) is 2. The van der Waals surface area contributed by atoms with Gasteiger partial charge in [-0.2, -0.15) is 5.10 Å². The SMILES string of the molecule is C=C(C)/C=C(/C)c1cnn(Cc2ccc(C(=O)C(C)C)c(CC)c2)c1CCC. The van der Waals surface area contributed by atoms with Crippen LogP contribution in [0.1, 0.15) is 80.7 Å². The predicted octanol–water partition coefficient (Wildman–Crippen LogP) is 6.26. The van der Waals surface area contributed by atoms with E-state index in [1.807, 2.05) is 33.0 Å². The number of Topliss-reactive ketones (excluding diaryl/α,β-unsaturated/α-hetero) is 1. The van der Waals surface area contributed by atoms with Crippen LogP contribution in [0.3, 0.4) is 0 Å². The Bertz CT molecular complexity index is 884. The first-order valence-corrected chi connectivity index (χ1v) is 10.3. The summed E-state index contributed by atoms with van der Waals surface area (Å²) in [6.45, 7) is 17.1. The van der Waals surface area contributed by atoms with E-state index in [1.54, 1.807) is 0 Å². The van der Waals surface area contributed by atoms with Crippen LogP contribution in [0.15, 0.2) is 42.6 Å². The lowest BCUT2D eigenvalue weighted by molar-refractivity contribution is 0.0938. The first kappa shape index (κ1) is 21.9. The number of aryl methyl sites for hydroxylation is 1. The highest BCUT2D eigenvalue weighted by atomic mass is 16.1. The molecule has 0 saturated heterocycles. The van der Waals surface area contributed by atoms with Crippen molar-refractivity contribution in [2.24, 2.45) is 5.92 Å². The molecule has 1 heterocycles. The summed E-state index contributed by atoms with van der Waals surface area (Å²) in [4.78, 5) is 12.5. The Kier molecular flexibility index (Phi) is 7.56. The average Bonchev–Trinajstić information content (AvgIpc) is 3.03. The van der Waals surface area contributed by atoms with Crippen molar-refractivity contribution in [3.05, 3.63) is 70.6 Å².